The number of ether oxygens (including phenoxy) is 1. The lowest BCUT2D eigenvalue weighted by atomic mass is 10.0. The first-order chi connectivity index (χ1) is 7.58. The fourth-order valence-corrected chi connectivity index (χ4v) is 1.32. The molecule has 0 amide bonds. The molecule has 0 heterocycles. The molecule has 1 aromatic rings. The first-order valence-corrected chi connectivity index (χ1v) is 4.70. The van der Waals surface area contributed by atoms with E-state index in [1.807, 2.05) is 6.07 Å². The molecule has 0 aromatic heterocycles. The van der Waals surface area contributed by atoms with E-state index in [0.29, 0.717) is 16.8 Å². The molecule has 5 nitrogen and oxygen atoms in total. The Morgan fingerprint density at radius 1 is 1.62 bits per heavy atom. The van der Waals surface area contributed by atoms with Crippen molar-refractivity contribution < 1.29 is 9.53 Å². The van der Waals surface area contributed by atoms with Crippen molar-refractivity contribution in [1.82, 2.24) is 0 Å². The van der Waals surface area contributed by atoms with E-state index in [-0.39, 0.29) is 6.42 Å². The molecule has 4 N–H and O–H groups in total. The quantitative estimate of drug-likeness (QED) is 0.557. The van der Waals surface area contributed by atoms with E-state index in [0.717, 1.165) is 0 Å². The average Bonchev–Trinajstić information content (AvgIpc) is 2.30. The number of hydrogen-bond donors (Lipinski definition) is 2. The van der Waals surface area contributed by atoms with Crippen LogP contribution in [-0.4, -0.2) is 19.1 Å². The number of benzene rings is 1. The van der Waals surface area contributed by atoms with Gasteiger partial charge in [-0.05, 0) is 23.8 Å². The third-order valence-electron chi connectivity index (χ3n) is 2.22. The minimum Gasteiger partial charge on any atom is -0.468 e. The number of carbonyl (C=O) groups excluding carboxylic acids is 1. The summed E-state index contributed by atoms with van der Waals surface area (Å²) >= 11 is 0. The summed E-state index contributed by atoms with van der Waals surface area (Å²) in [6, 6.07) is 6.10. The minimum atomic E-state index is -0.763. The van der Waals surface area contributed by atoms with Crippen molar-refractivity contribution in [2.24, 2.45) is 5.73 Å². The lowest BCUT2D eigenvalue weighted by Gasteiger charge is -2.11. The van der Waals surface area contributed by atoms with Gasteiger partial charge in [-0.1, -0.05) is 0 Å². The van der Waals surface area contributed by atoms with Gasteiger partial charge in [0.2, 0.25) is 0 Å². The van der Waals surface area contributed by atoms with Crippen LogP contribution in [0, 0.1) is 11.3 Å². The second-order valence-electron chi connectivity index (χ2n) is 3.36. The first-order valence-electron chi connectivity index (χ1n) is 4.70. The number of methoxy groups -OCH3 is 1. The highest BCUT2D eigenvalue weighted by atomic mass is 16.5. The number of nitrogens with zero attached hydrogens (tertiary/aromatic N) is 1. The predicted molar refractivity (Wildman–Crippen MR) is 59.3 cm³/mol. The molecule has 16 heavy (non-hydrogen) atoms. The molecule has 0 aliphatic heterocycles. The molecule has 0 aliphatic rings. The lowest BCUT2D eigenvalue weighted by Crippen LogP contribution is -2.33. The maximum Gasteiger partial charge on any atom is 0.322 e. The van der Waals surface area contributed by atoms with E-state index in [2.05, 4.69) is 4.74 Å². The van der Waals surface area contributed by atoms with Crippen molar-refractivity contribution in [2.75, 3.05) is 12.8 Å². The third kappa shape index (κ3) is 2.72. The van der Waals surface area contributed by atoms with Gasteiger partial charge in [-0.25, -0.2) is 0 Å². The molecular formula is C11H13N3O2. The molecule has 0 saturated heterocycles. The zero-order chi connectivity index (χ0) is 12.1. The molecule has 0 saturated carbocycles. The van der Waals surface area contributed by atoms with E-state index >= 15 is 0 Å². The Morgan fingerprint density at radius 3 is 2.88 bits per heavy atom. The van der Waals surface area contributed by atoms with Crippen molar-refractivity contribution in [1.29, 1.82) is 5.26 Å². The van der Waals surface area contributed by atoms with E-state index in [1.165, 1.54) is 7.11 Å². The van der Waals surface area contributed by atoms with Gasteiger partial charge < -0.3 is 16.2 Å². The van der Waals surface area contributed by atoms with Crippen LogP contribution in [-0.2, 0) is 16.0 Å². The predicted octanol–water partition coefficient (Wildman–Crippen LogP) is 0.183. The van der Waals surface area contributed by atoms with Crippen LogP contribution in [0.4, 0.5) is 5.69 Å². The second-order valence-corrected chi connectivity index (χ2v) is 3.36. The number of anilines is 1. The Hall–Kier alpha value is -2.06. The highest BCUT2D eigenvalue weighted by Gasteiger charge is 2.15. The summed E-state index contributed by atoms with van der Waals surface area (Å²) < 4.78 is 4.51. The number of nitriles is 1. The Balaban J connectivity index is 2.88. The van der Waals surface area contributed by atoms with Crippen LogP contribution in [0.25, 0.3) is 0 Å². The molecule has 1 rings (SSSR count). The lowest BCUT2D eigenvalue weighted by molar-refractivity contribution is -0.142. The summed E-state index contributed by atoms with van der Waals surface area (Å²) in [6.07, 6.45) is 0.258. The molecule has 0 aliphatic carbocycles. The normalized spacial score (nSPS) is 11.6. The van der Waals surface area contributed by atoms with Gasteiger partial charge in [0.15, 0.2) is 0 Å². The van der Waals surface area contributed by atoms with Crippen molar-refractivity contribution in [3.63, 3.8) is 0 Å². The van der Waals surface area contributed by atoms with Crippen LogP contribution < -0.4 is 11.5 Å². The second kappa shape index (κ2) is 5.14. The van der Waals surface area contributed by atoms with Crippen LogP contribution in [0.3, 0.4) is 0 Å². The smallest absolute Gasteiger partial charge is 0.322 e. The largest absolute Gasteiger partial charge is 0.468 e. The Morgan fingerprint density at radius 2 is 2.31 bits per heavy atom. The molecule has 1 aromatic carbocycles. The Kier molecular flexibility index (Phi) is 3.86. The fraction of sp³-hybridized carbons (Fsp3) is 0.273. The minimum absolute atomic E-state index is 0.258. The van der Waals surface area contributed by atoms with Gasteiger partial charge in [-0.15, -0.1) is 0 Å². The van der Waals surface area contributed by atoms with Gasteiger partial charge in [0.1, 0.15) is 6.04 Å². The number of hydrogen-bond acceptors (Lipinski definition) is 5. The van der Waals surface area contributed by atoms with Crippen LogP contribution in [0.15, 0.2) is 18.2 Å². The number of esters is 1. The van der Waals surface area contributed by atoms with Gasteiger partial charge >= 0.3 is 5.97 Å². The summed E-state index contributed by atoms with van der Waals surface area (Å²) in [4.78, 5) is 11.1. The van der Waals surface area contributed by atoms with Crippen LogP contribution >= 0.6 is 0 Å². The molecule has 0 bridgehead atoms. The Labute approximate surface area is 93.6 Å². The number of nitrogen functional groups attached to an aromatic ring is 1. The third-order valence-corrected chi connectivity index (χ3v) is 2.22. The summed E-state index contributed by atoms with van der Waals surface area (Å²) in [7, 11) is 1.28. The highest BCUT2D eigenvalue weighted by molar-refractivity contribution is 5.76. The van der Waals surface area contributed by atoms with Crippen LogP contribution in [0.1, 0.15) is 11.1 Å². The van der Waals surface area contributed by atoms with Crippen LogP contribution in [0.2, 0.25) is 0 Å². The van der Waals surface area contributed by atoms with Crippen LogP contribution in [0.5, 0.6) is 0 Å². The standard InChI is InChI=1S/C11H13N3O2/c1-16-11(15)10(14)5-8-4-7(6-12)2-3-9(8)13/h2-4,10H,5,13-14H2,1H3/t10-/m1/s1. The SMILES string of the molecule is COC(=O)[C@H](N)Cc1cc(C#N)ccc1N. The summed E-state index contributed by atoms with van der Waals surface area (Å²) in [5.74, 6) is -0.498. The van der Waals surface area contributed by atoms with Crippen molar-refractivity contribution in [3.05, 3.63) is 29.3 Å². The summed E-state index contributed by atoms with van der Waals surface area (Å²) in [5.41, 5.74) is 13.0. The van der Waals surface area contributed by atoms with E-state index in [4.69, 9.17) is 16.7 Å². The molecule has 84 valence electrons. The maximum absolute atomic E-state index is 11.1. The molecule has 0 radical (unpaired) electrons. The molecule has 1 atom stereocenters. The van der Waals surface area contributed by atoms with Gasteiger partial charge in [0.05, 0.1) is 18.7 Å². The molecule has 0 unspecified atom stereocenters. The van der Waals surface area contributed by atoms with E-state index < -0.39 is 12.0 Å². The molecule has 5 heteroatoms. The van der Waals surface area contributed by atoms with Crippen molar-refractivity contribution >= 4 is 11.7 Å². The highest BCUT2D eigenvalue weighted by Crippen LogP contribution is 2.15. The summed E-state index contributed by atoms with van der Waals surface area (Å²) in [6.45, 7) is 0. The van der Waals surface area contributed by atoms with Gasteiger partial charge in [-0.3, -0.25) is 4.79 Å². The Bertz CT molecular complexity index is 437. The first kappa shape index (κ1) is 12.0. The number of nitrogens with two attached hydrogens (primary N) is 2. The number of rotatable bonds is 3. The molecule has 0 fully saturated rings. The van der Waals surface area contributed by atoms with E-state index in [9.17, 15) is 4.79 Å². The fourth-order valence-electron chi connectivity index (χ4n) is 1.32. The summed E-state index contributed by atoms with van der Waals surface area (Å²) in [5, 5.41) is 8.73. The zero-order valence-electron chi connectivity index (χ0n) is 8.93. The average molecular weight is 219 g/mol. The maximum atomic E-state index is 11.1. The molecular weight excluding hydrogens is 206 g/mol. The van der Waals surface area contributed by atoms with Gasteiger partial charge in [0.25, 0.3) is 0 Å². The van der Waals surface area contributed by atoms with Gasteiger partial charge in [-0.2, -0.15) is 5.26 Å². The van der Waals surface area contributed by atoms with Gasteiger partial charge in [0, 0.05) is 12.1 Å². The monoisotopic (exact) mass is 219 g/mol. The van der Waals surface area contributed by atoms with E-state index in [1.54, 1.807) is 18.2 Å². The zero-order valence-corrected chi connectivity index (χ0v) is 8.93. The molecule has 0 spiro atoms. The topological polar surface area (TPSA) is 102 Å². The van der Waals surface area contributed by atoms with Crippen molar-refractivity contribution in [2.45, 2.75) is 12.5 Å². The number of carbonyl (C=O) groups is 1. The van der Waals surface area contributed by atoms with Crippen molar-refractivity contribution in [3.8, 4) is 6.07 Å².